The number of hydrogen-bond acceptors (Lipinski definition) is 7. The zero-order chi connectivity index (χ0) is 21.2. The fourth-order valence-electron chi connectivity index (χ4n) is 5.04. The molecule has 2 aromatic rings. The summed E-state index contributed by atoms with van der Waals surface area (Å²) in [6.45, 7) is 4.60. The molecule has 2 aromatic carbocycles. The Morgan fingerprint density at radius 1 is 0.733 bits per heavy atom. The minimum atomic E-state index is -0.123. The zero-order valence-electron chi connectivity index (χ0n) is 18.0. The number of fused-ring (bicyclic) bond motifs is 8. The highest BCUT2D eigenvalue weighted by Gasteiger charge is 2.48. The van der Waals surface area contributed by atoms with Gasteiger partial charge in [-0.1, -0.05) is 13.8 Å². The second-order valence-corrected chi connectivity index (χ2v) is 7.91. The van der Waals surface area contributed by atoms with Crippen molar-refractivity contribution in [3.8, 4) is 45.6 Å². The molecule has 160 valence electrons. The maximum atomic E-state index is 6.63. The molecule has 0 spiro atoms. The van der Waals surface area contributed by atoms with Gasteiger partial charge in [-0.3, -0.25) is 0 Å². The summed E-state index contributed by atoms with van der Waals surface area (Å²) in [6.07, 6.45) is -0.236. The molecule has 0 saturated carbocycles. The van der Waals surface area contributed by atoms with Crippen molar-refractivity contribution in [2.75, 3.05) is 35.2 Å². The van der Waals surface area contributed by atoms with Crippen LogP contribution in [0.5, 0.6) is 34.5 Å². The van der Waals surface area contributed by atoms with Gasteiger partial charge in [-0.25, -0.2) is 0 Å². The molecule has 3 aliphatic heterocycles. The second-order valence-electron chi connectivity index (χ2n) is 7.91. The lowest BCUT2D eigenvalue weighted by atomic mass is 9.77. The van der Waals surface area contributed by atoms with Crippen LogP contribution in [-0.4, -0.2) is 35.2 Å². The van der Waals surface area contributed by atoms with Crippen LogP contribution in [0.2, 0.25) is 0 Å². The molecule has 7 heteroatoms. The van der Waals surface area contributed by atoms with Gasteiger partial charge < -0.3 is 33.2 Å². The zero-order valence-corrected chi connectivity index (χ0v) is 18.0. The predicted molar refractivity (Wildman–Crippen MR) is 109 cm³/mol. The fraction of sp³-hybridized carbons (Fsp3) is 0.478. The molecule has 5 rings (SSSR count). The third-order valence-electron chi connectivity index (χ3n) is 6.66. The normalized spacial score (nSPS) is 25.3. The molecular formula is C23H26O7. The third-order valence-corrected chi connectivity index (χ3v) is 6.66. The van der Waals surface area contributed by atoms with Crippen LogP contribution >= 0.6 is 0 Å². The smallest absolute Gasteiger partial charge is 0.231 e. The summed E-state index contributed by atoms with van der Waals surface area (Å²) in [6, 6.07) is 4.01. The molecule has 3 heterocycles. The Bertz CT molecular complexity index is 1020. The van der Waals surface area contributed by atoms with Gasteiger partial charge in [0.2, 0.25) is 18.3 Å². The number of benzene rings is 2. The van der Waals surface area contributed by atoms with Gasteiger partial charge in [0, 0.05) is 11.1 Å². The van der Waals surface area contributed by atoms with Crippen LogP contribution in [0.1, 0.15) is 37.2 Å². The summed E-state index contributed by atoms with van der Waals surface area (Å²) in [5.74, 6) is 4.18. The first-order valence-corrected chi connectivity index (χ1v) is 10.0. The molecule has 0 N–H and O–H groups in total. The average molecular weight is 414 g/mol. The van der Waals surface area contributed by atoms with E-state index in [1.54, 1.807) is 28.4 Å². The van der Waals surface area contributed by atoms with E-state index in [1.165, 1.54) is 0 Å². The van der Waals surface area contributed by atoms with Gasteiger partial charge in [0.05, 0.1) is 40.6 Å². The highest BCUT2D eigenvalue weighted by Crippen LogP contribution is 2.64. The van der Waals surface area contributed by atoms with E-state index in [9.17, 15) is 0 Å². The van der Waals surface area contributed by atoms with Crippen LogP contribution in [0.25, 0.3) is 11.1 Å². The van der Waals surface area contributed by atoms with E-state index in [4.69, 9.17) is 33.2 Å². The predicted octanol–water partition coefficient (Wildman–Crippen LogP) is 4.51. The van der Waals surface area contributed by atoms with Gasteiger partial charge in [0.15, 0.2) is 23.0 Å². The third kappa shape index (κ3) is 2.35. The summed E-state index contributed by atoms with van der Waals surface area (Å²) in [4.78, 5) is 0. The Morgan fingerprint density at radius 2 is 1.33 bits per heavy atom. The van der Waals surface area contributed by atoms with Crippen LogP contribution in [-0.2, 0) is 4.74 Å². The largest absolute Gasteiger partial charge is 0.493 e. The Labute approximate surface area is 175 Å². The van der Waals surface area contributed by atoms with E-state index in [0.29, 0.717) is 46.3 Å². The van der Waals surface area contributed by atoms with Crippen LogP contribution in [0.3, 0.4) is 0 Å². The van der Waals surface area contributed by atoms with E-state index in [-0.39, 0.29) is 19.0 Å². The minimum absolute atomic E-state index is 0.113. The van der Waals surface area contributed by atoms with Crippen molar-refractivity contribution in [3.63, 3.8) is 0 Å². The number of ether oxygens (including phenoxy) is 7. The van der Waals surface area contributed by atoms with Crippen LogP contribution < -0.4 is 28.4 Å². The number of rotatable bonds is 4. The van der Waals surface area contributed by atoms with Crippen molar-refractivity contribution in [2.45, 2.75) is 26.1 Å². The molecule has 0 radical (unpaired) electrons. The molecule has 1 fully saturated rings. The molecular weight excluding hydrogens is 388 g/mol. The molecule has 4 atom stereocenters. The van der Waals surface area contributed by atoms with Crippen molar-refractivity contribution in [1.29, 1.82) is 0 Å². The molecule has 7 nitrogen and oxygen atoms in total. The maximum Gasteiger partial charge on any atom is 0.231 e. The van der Waals surface area contributed by atoms with Crippen LogP contribution in [0, 0.1) is 11.8 Å². The van der Waals surface area contributed by atoms with E-state index >= 15 is 0 Å². The lowest BCUT2D eigenvalue weighted by Gasteiger charge is -2.27. The van der Waals surface area contributed by atoms with Crippen molar-refractivity contribution in [2.24, 2.45) is 11.8 Å². The maximum absolute atomic E-state index is 6.63. The van der Waals surface area contributed by atoms with Crippen molar-refractivity contribution in [3.05, 3.63) is 23.3 Å². The summed E-state index contributed by atoms with van der Waals surface area (Å²) in [5, 5.41) is 0. The lowest BCUT2D eigenvalue weighted by molar-refractivity contribution is 0.0312. The first-order chi connectivity index (χ1) is 14.5. The molecule has 0 aromatic heterocycles. The summed E-state index contributed by atoms with van der Waals surface area (Å²) >= 11 is 0. The molecule has 0 aliphatic carbocycles. The minimum Gasteiger partial charge on any atom is -0.493 e. The van der Waals surface area contributed by atoms with Crippen molar-refractivity contribution < 1.29 is 33.2 Å². The first kappa shape index (κ1) is 19.2. The Balaban J connectivity index is 1.94. The summed E-state index contributed by atoms with van der Waals surface area (Å²) in [7, 11) is 6.50. The topological polar surface area (TPSA) is 64.6 Å². The quantitative estimate of drug-likeness (QED) is 0.729. The standard InChI is InChI=1S/C23H26O7/c1-10-11(2)19-13-8-15-21(29-9-28-15)23(27-6)17(13)16-12(18(10)30-19)7-14(24-3)20(25-4)22(16)26-5/h7-8,10-11,18-19H,9H2,1-6H3/t10-,11+,18-,19+/m0/s1. The SMILES string of the molecule is COc1cc2c(c(OC)c1OC)-c1c(cc3c(c1OC)OCO3)[C@@H]1O[C@H]2[C@@H](C)[C@H]1C. The van der Waals surface area contributed by atoms with E-state index < -0.39 is 0 Å². The Kier molecular flexibility index (Phi) is 4.39. The molecule has 30 heavy (non-hydrogen) atoms. The number of methoxy groups -OCH3 is 4. The van der Waals surface area contributed by atoms with Gasteiger partial charge in [0.25, 0.3) is 0 Å². The van der Waals surface area contributed by atoms with Gasteiger partial charge in [-0.2, -0.15) is 0 Å². The summed E-state index contributed by atoms with van der Waals surface area (Å²) < 4.78 is 41.2. The summed E-state index contributed by atoms with van der Waals surface area (Å²) in [5.41, 5.74) is 3.76. The number of hydrogen-bond donors (Lipinski definition) is 0. The molecule has 0 amide bonds. The first-order valence-electron chi connectivity index (χ1n) is 10.0. The van der Waals surface area contributed by atoms with E-state index in [2.05, 4.69) is 13.8 Å². The van der Waals surface area contributed by atoms with Gasteiger partial charge in [-0.05, 0) is 35.1 Å². The average Bonchev–Trinajstić information content (AvgIpc) is 3.31. The molecule has 3 aliphatic rings. The molecule has 2 bridgehead atoms. The van der Waals surface area contributed by atoms with Crippen molar-refractivity contribution in [1.82, 2.24) is 0 Å². The monoisotopic (exact) mass is 414 g/mol. The lowest BCUT2D eigenvalue weighted by Crippen LogP contribution is -2.15. The van der Waals surface area contributed by atoms with E-state index in [0.717, 1.165) is 22.3 Å². The second kappa shape index (κ2) is 6.87. The fourth-order valence-corrected chi connectivity index (χ4v) is 5.04. The molecule has 0 unspecified atom stereocenters. The van der Waals surface area contributed by atoms with E-state index in [1.807, 2.05) is 12.1 Å². The van der Waals surface area contributed by atoms with Crippen LogP contribution in [0.4, 0.5) is 0 Å². The van der Waals surface area contributed by atoms with Gasteiger partial charge >= 0.3 is 0 Å². The van der Waals surface area contributed by atoms with Gasteiger partial charge in [-0.15, -0.1) is 0 Å². The van der Waals surface area contributed by atoms with Gasteiger partial charge in [0.1, 0.15) is 0 Å². The Morgan fingerprint density at radius 3 is 1.93 bits per heavy atom. The van der Waals surface area contributed by atoms with Crippen LogP contribution in [0.15, 0.2) is 12.1 Å². The van der Waals surface area contributed by atoms with Crippen molar-refractivity contribution >= 4 is 0 Å². The molecule has 1 saturated heterocycles. The highest BCUT2D eigenvalue weighted by molar-refractivity contribution is 5.89. The highest BCUT2D eigenvalue weighted by atomic mass is 16.7. The Hall–Kier alpha value is -2.80.